The van der Waals surface area contributed by atoms with Crippen molar-refractivity contribution < 1.29 is 24.2 Å². The Morgan fingerprint density at radius 1 is 1.61 bits per heavy atom. The lowest BCUT2D eigenvalue weighted by molar-refractivity contribution is -0.147. The number of nitrogens with zero attached hydrogens (tertiary/aromatic N) is 1. The van der Waals surface area contributed by atoms with E-state index >= 15 is 0 Å². The van der Waals surface area contributed by atoms with Crippen LogP contribution in [0, 0.1) is 0 Å². The Hall–Kier alpha value is -1.60. The van der Waals surface area contributed by atoms with Crippen LogP contribution in [0.4, 0.5) is 0 Å². The normalized spacial score (nSPS) is 19.6. The summed E-state index contributed by atoms with van der Waals surface area (Å²) >= 11 is 1.24. The number of thiophene rings is 1. The molecule has 2 heterocycles. The van der Waals surface area contributed by atoms with Crippen molar-refractivity contribution in [3.05, 3.63) is 16.3 Å². The van der Waals surface area contributed by atoms with Gasteiger partial charge in [-0.15, -0.1) is 11.3 Å². The van der Waals surface area contributed by atoms with Crippen LogP contribution < -0.4 is 4.74 Å². The van der Waals surface area contributed by atoms with Gasteiger partial charge < -0.3 is 19.5 Å². The van der Waals surface area contributed by atoms with E-state index in [1.54, 1.807) is 11.4 Å². The highest BCUT2D eigenvalue weighted by molar-refractivity contribution is 7.12. The highest BCUT2D eigenvalue weighted by atomic mass is 32.1. The number of amides is 1. The first-order chi connectivity index (χ1) is 8.65. The van der Waals surface area contributed by atoms with Gasteiger partial charge >= 0.3 is 5.97 Å². The van der Waals surface area contributed by atoms with E-state index in [0.29, 0.717) is 17.2 Å². The van der Waals surface area contributed by atoms with Gasteiger partial charge in [0.25, 0.3) is 5.91 Å². The molecule has 0 saturated carbocycles. The van der Waals surface area contributed by atoms with Crippen molar-refractivity contribution in [2.45, 2.75) is 6.04 Å². The predicted molar refractivity (Wildman–Crippen MR) is 64.2 cm³/mol. The second-order valence-electron chi connectivity index (χ2n) is 3.75. The summed E-state index contributed by atoms with van der Waals surface area (Å²) in [4.78, 5) is 25.1. The summed E-state index contributed by atoms with van der Waals surface area (Å²) in [7, 11) is 1.48. The van der Waals surface area contributed by atoms with Gasteiger partial charge in [-0.25, -0.2) is 4.79 Å². The number of aliphatic carboxylic acids is 1. The first-order valence-corrected chi connectivity index (χ1v) is 6.26. The number of hydrogen-bond acceptors (Lipinski definition) is 5. The van der Waals surface area contributed by atoms with E-state index in [4.69, 9.17) is 14.6 Å². The van der Waals surface area contributed by atoms with Gasteiger partial charge in [0.15, 0.2) is 6.04 Å². The number of morpholine rings is 1. The number of rotatable bonds is 3. The molecule has 0 radical (unpaired) electrons. The van der Waals surface area contributed by atoms with Crippen molar-refractivity contribution >= 4 is 23.2 Å². The molecule has 1 aromatic heterocycles. The highest BCUT2D eigenvalue weighted by Crippen LogP contribution is 2.27. The molecule has 0 aromatic carbocycles. The van der Waals surface area contributed by atoms with E-state index in [0.717, 1.165) is 0 Å². The van der Waals surface area contributed by atoms with Crippen LogP contribution in [-0.4, -0.2) is 54.8 Å². The predicted octanol–water partition coefficient (Wildman–Crippen LogP) is 0.682. The van der Waals surface area contributed by atoms with Crippen molar-refractivity contribution in [1.29, 1.82) is 0 Å². The maximum atomic E-state index is 12.3. The van der Waals surface area contributed by atoms with Crippen LogP contribution >= 0.6 is 11.3 Å². The summed E-state index contributed by atoms with van der Waals surface area (Å²) in [6.45, 7) is 0.648. The molecule has 1 atom stereocenters. The molecule has 98 valence electrons. The molecule has 1 N–H and O–H groups in total. The van der Waals surface area contributed by atoms with Gasteiger partial charge in [0, 0.05) is 6.54 Å². The molecule has 1 saturated heterocycles. The van der Waals surface area contributed by atoms with E-state index in [1.807, 2.05) is 0 Å². The van der Waals surface area contributed by atoms with Gasteiger partial charge in [0.05, 0.1) is 20.3 Å². The summed E-state index contributed by atoms with van der Waals surface area (Å²) in [5, 5.41) is 10.8. The van der Waals surface area contributed by atoms with Crippen LogP contribution in [0.1, 0.15) is 9.67 Å². The maximum Gasteiger partial charge on any atom is 0.328 e. The molecule has 0 aliphatic carbocycles. The fourth-order valence-electron chi connectivity index (χ4n) is 1.80. The SMILES string of the molecule is COc1ccsc1C(=O)N1CCOC[C@@H]1C(=O)O. The lowest BCUT2D eigenvalue weighted by atomic mass is 10.2. The van der Waals surface area contributed by atoms with Gasteiger partial charge in [0.2, 0.25) is 0 Å². The van der Waals surface area contributed by atoms with Gasteiger partial charge in [0.1, 0.15) is 10.6 Å². The summed E-state index contributed by atoms with van der Waals surface area (Å²) in [6.07, 6.45) is 0. The van der Waals surface area contributed by atoms with Crippen molar-refractivity contribution in [3.63, 3.8) is 0 Å². The second-order valence-corrected chi connectivity index (χ2v) is 4.66. The third-order valence-electron chi connectivity index (χ3n) is 2.72. The molecule has 18 heavy (non-hydrogen) atoms. The smallest absolute Gasteiger partial charge is 0.328 e. The lowest BCUT2D eigenvalue weighted by Crippen LogP contribution is -2.52. The molecular formula is C11H13NO5S. The molecule has 2 rings (SSSR count). The zero-order valence-electron chi connectivity index (χ0n) is 9.79. The van der Waals surface area contributed by atoms with E-state index in [2.05, 4.69) is 0 Å². The number of carboxylic acids is 1. The Morgan fingerprint density at radius 3 is 3.06 bits per heavy atom. The van der Waals surface area contributed by atoms with Crippen LogP contribution in [0.15, 0.2) is 11.4 Å². The standard InChI is InChI=1S/C11H13NO5S/c1-16-8-2-5-18-9(8)10(13)12-3-4-17-6-7(12)11(14)15/h2,5,7H,3-4,6H2,1H3,(H,14,15)/t7-/m1/s1. The fourth-order valence-corrected chi connectivity index (χ4v) is 2.61. The zero-order valence-corrected chi connectivity index (χ0v) is 10.6. The second kappa shape index (κ2) is 5.36. The molecule has 1 aromatic rings. The molecule has 7 heteroatoms. The zero-order chi connectivity index (χ0) is 13.1. The molecule has 0 spiro atoms. The average Bonchev–Trinajstić information content (AvgIpc) is 2.86. The van der Waals surface area contributed by atoms with E-state index in [-0.39, 0.29) is 19.1 Å². The monoisotopic (exact) mass is 271 g/mol. The van der Waals surface area contributed by atoms with E-state index in [1.165, 1.54) is 23.3 Å². The molecule has 1 aliphatic heterocycles. The topological polar surface area (TPSA) is 76.1 Å². The van der Waals surface area contributed by atoms with Crippen LogP contribution in [-0.2, 0) is 9.53 Å². The Morgan fingerprint density at radius 2 is 2.39 bits per heavy atom. The van der Waals surface area contributed by atoms with E-state index < -0.39 is 12.0 Å². The number of methoxy groups -OCH3 is 1. The summed E-state index contributed by atoms with van der Waals surface area (Å²) in [5.41, 5.74) is 0. The number of ether oxygens (including phenoxy) is 2. The Labute approximate surface area is 108 Å². The number of carboxylic acid groups (broad SMARTS) is 1. The minimum atomic E-state index is -1.06. The summed E-state index contributed by atoms with van der Waals surface area (Å²) < 4.78 is 10.2. The van der Waals surface area contributed by atoms with Crippen molar-refractivity contribution in [3.8, 4) is 5.75 Å². The Kier molecular flexibility index (Phi) is 3.83. The minimum Gasteiger partial charge on any atom is -0.495 e. The summed E-state index contributed by atoms with van der Waals surface area (Å²) in [5.74, 6) is -0.906. The van der Waals surface area contributed by atoms with Crippen LogP contribution in [0.5, 0.6) is 5.75 Å². The Balaban J connectivity index is 2.23. The van der Waals surface area contributed by atoms with Gasteiger partial charge in [-0.3, -0.25) is 4.79 Å². The van der Waals surface area contributed by atoms with Crippen molar-refractivity contribution in [2.75, 3.05) is 26.9 Å². The lowest BCUT2D eigenvalue weighted by Gasteiger charge is -2.32. The first-order valence-electron chi connectivity index (χ1n) is 5.38. The largest absolute Gasteiger partial charge is 0.495 e. The number of carbonyl (C=O) groups is 2. The molecule has 0 unspecified atom stereocenters. The maximum absolute atomic E-state index is 12.3. The van der Waals surface area contributed by atoms with Crippen LogP contribution in [0.2, 0.25) is 0 Å². The summed E-state index contributed by atoms with van der Waals surface area (Å²) in [6, 6.07) is 0.756. The van der Waals surface area contributed by atoms with E-state index in [9.17, 15) is 9.59 Å². The van der Waals surface area contributed by atoms with Gasteiger partial charge in [-0.1, -0.05) is 0 Å². The third-order valence-corrected chi connectivity index (χ3v) is 3.60. The molecule has 1 amide bonds. The number of hydrogen-bond donors (Lipinski definition) is 1. The third kappa shape index (κ3) is 2.32. The molecule has 1 fully saturated rings. The molecular weight excluding hydrogens is 258 g/mol. The number of carbonyl (C=O) groups excluding carboxylic acids is 1. The first kappa shape index (κ1) is 12.8. The molecule has 1 aliphatic rings. The quantitative estimate of drug-likeness (QED) is 0.875. The average molecular weight is 271 g/mol. The Bertz CT molecular complexity index is 458. The van der Waals surface area contributed by atoms with Crippen molar-refractivity contribution in [1.82, 2.24) is 4.90 Å². The van der Waals surface area contributed by atoms with Crippen molar-refractivity contribution in [2.24, 2.45) is 0 Å². The van der Waals surface area contributed by atoms with Crippen LogP contribution in [0.25, 0.3) is 0 Å². The minimum absolute atomic E-state index is 0.0226. The fraction of sp³-hybridized carbons (Fsp3) is 0.455. The van der Waals surface area contributed by atoms with Gasteiger partial charge in [-0.05, 0) is 11.4 Å². The molecule has 0 bridgehead atoms. The molecule has 6 nitrogen and oxygen atoms in total. The van der Waals surface area contributed by atoms with Crippen LogP contribution in [0.3, 0.4) is 0 Å². The van der Waals surface area contributed by atoms with Gasteiger partial charge in [-0.2, -0.15) is 0 Å². The highest BCUT2D eigenvalue weighted by Gasteiger charge is 2.34.